The molecule has 0 aromatic heterocycles. The van der Waals surface area contributed by atoms with E-state index in [9.17, 15) is 5.26 Å². The molecule has 0 aliphatic heterocycles. The van der Waals surface area contributed by atoms with Crippen molar-refractivity contribution in [3.05, 3.63) is 0 Å². The molecule has 0 radical (unpaired) electrons. The summed E-state index contributed by atoms with van der Waals surface area (Å²) in [5, 5.41) is 9.32. The summed E-state index contributed by atoms with van der Waals surface area (Å²) in [6.07, 6.45) is 7.37. The Morgan fingerprint density at radius 1 is 1.18 bits per heavy atom. The topological polar surface area (TPSA) is 27.0 Å². The third kappa shape index (κ3) is 4.32. The van der Waals surface area contributed by atoms with E-state index in [-0.39, 0.29) is 5.92 Å². The predicted molar refractivity (Wildman–Crippen MR) is 72.7 cm³/mol. The fourth-order valence-electron chi connectivity index (χ4n) is 3.10. The largest absolute Gasteiger partial charge is 0.299 e. The van der Waals surface area contributed by atoms with Gasteiger partial charge in [-0.25, -0.2) is 0 Å². The number of hydrogen-bond acceptors (Lipinski definition) is 2. The molecular weight excluding hydrogens is 208 g/mol. The van der Waals surface area contributed by atoms with Crippen molar-refractivity contribution < 1.29 is 0 Å². The van der Waals surface area contributed by atoms with Crippen LogP contribution in [0.5, 0.6) is 0 Å². The van der Waals surface area contributed by atoms with E-state index in [1.807, 2.05) is 0 Å². The Hall–Kier alpha value is -0.550. The van der Waals surface area contributed by atoms with Gasteiger partial charge in [-0.3, -0.25) is 4.90 Å². The monoisotopic (exact) mass is 236 g/mol. The number of rotatable bonds is 4. The molecule has 2 heteroatoms. The highest BCUT2D eigenvalue weighted by Gasteiger charge is 2.29. The standard InChI is InChI=1S/C15H28N2/c1-12(2)10-13(3)17(4)15-9-7-5-6-8-14(15)11-16/h12-15H,5-10H2,1-4H3. The van der Waals surface area contributed by atoms with Gasteiger partial charge in [-0.2, -0.15) is 5.26 Å². The summed E-state index contributed by atoms with van der Waals surface area (Å²) in [7, 11) is 2.22. The van der Waals surface area contributed by atoms with Gasteiger partial charge in [0.1, 0.15) is 0 Å². The second-order valence-electron chi connectivity index (χ2n) is 6.08. The first-order chi connectivity index (χ1) is 8.06. The van der Waals surface area contributed by atoms with Crippen LogP contribution in [-0.2, 0) is 0 Å². The molecule has 1 aliphatic rings. The first kappa shape index (κ1) is 14.5. The third-order valence-corrected chi connectivity index (χ3v) is 4.18. The molecule has 3 atom stereocenters. The summed E-state index contributed by atoms with van der Waals surface area (Å²) in [4.78, 5) is 2.47. The first-order valence-electron chi connectivity index (χ1n) is 7.17. The molecule has 2 nitrogen and oxygen atoms in total. The zero-order valence-electron chi connectivity index (χ0n) is 11.9. The van der Waals surface area contributed by atoms with Crippen LogP contribution in [0.1, 0.15) is 59.3 Å². The maximum atomic E-state index is 9.32. The van der Waals surface area contributed by atoms with E-state index in [0.29, 0.717) is 12.1 Å². The number of hydrogen-bond donors (Lipinski definition) is 0. The van der Waals surface area contributed by atoms with Crippen LogP contribution in [0.25, 0.3) is 0 Å². The lowest BCUT2D eigenvalue weighted by Crippen LogP contribution is -2.43. The van der Waals surface area contributed by atoms with Crippen LogP contribution >= 0.6 is 0 Å². The predicted octanol–water partition coefficient (Wildman–Crippen LogP) is 3.83. The molecule has 1 saturated carbocycles. The lowest BCUT2D eigenvalue weighted by Gasteiger charge is -2.35. The highest BCUT2D eigenvalue weighted by Crippen LogP contribution is 2.28. The Balaban J connectivity index is 2.63. The molecule has 1 fully saturated rings. The molecule has 1 rings (SSSR count). The summed E-state index contributed by atoms with van der Waals surface area (Å²) in [5.74, 6) is 0.982. The normalized spacial score (nSPS) is 27.8. The quantitative estimate of drug-likeness (QED) is 0.694. The van der Waals surface area contributed by atoms with Crippen LogP contribution in [0.3, 0.4) is 0 Å². The zero-order valence-corrected chi connectivity index (χ0v) is 11.9. The lowest BCUT2D eigenvalue weighted by atomic mass is 9.92. The summed E-state index contributed by atoms with van der Waals surface area (Å²) >= 11 is 0. The average molecular weight is 236 g/mol. The van der Waals surface area contributed by atoms with Gasteiger partial charge in [-0.15, -0.1) is 0 Å². The van der Waals surface area contributed by atoms with Crippen molar-refractivity contribution in [3.63, 3.8) is 0 Å². The Labute approximate surface area is 107 Å². The Morgan fingerprint density at radius 3 is 2.41 bits per heavy atom. The van der Waals surface area contributed by atoms with E-state index in [1.54, 1.807) is 0 Å². The summed E-state index contributed by atoms with van der Waals surface area (Å²) < 4.78 is 0. The SMILES string of the molecule is CC(C)CC(C)N(C)C1CCCCCC1C#N. The molecule has 98 valence electrons. The summed E-state index contributed by atoms with van der Waals surface area (Å²) in [6.45, 7) is 6.86. The molecule has 0 N–H and O–H groups in total. The van der Waals surface area contributed by atoms with Crippen molar-refractivity contribution in [2.45, 2.75) is 71.4 Å². The van der Waals surface area contributed by atoms with E-state index in [4.69, 9.17) is 0 Å². The fraction of sp³-hybridized carbons (Fsp3) is 0.933. The molecule has 0 aromatic carbocycles. The molecule has 0 aromatic rings. The average Bonchev–Trinajstić information content (AvgIpc) is 2.51. The van der Waals surface area contributed by atoms with Gasteiger partial charge in [-0.05, 0) is 39.2 Å². The fourth-order valence-corrected chi connectivity index (χ4v) is 3.10. The third-order valence-electron chi connectivity index (χ3n) is 4.18. The molecule has 0 spiro atoms. The van der Waals surface area contributed by atoms with Crippen molar-refractivity contribution in [1.82, 2.24) is 4.90 Å². The van der Waals surface area contributed by atoms with Crippen molar-refractivity contribution in [2.24, 2.45) is 11.8 Å². The van der Waals surface area contributed by atoms with Crippen LogP contribution in [0.15, 0.2) is 0 Å². The van der Waals surface area contributed by atoms with E-state index in [0.717, 1.165) is 12.3 Å². The smallest absolute Gasteiger partial charge is 0.0672 e. The van der Waals surface area contributed by atoms with Crippen molar-refractivity contribution >= 4 is 0 Å². The number of nitriles is 1. The van der Waals surface area contributed by atoms with E-state index >= 15 is 0 Å². The maximum Gasteiger partial charge on any atom is 0.0672 e. The lowest BCUT2D eigenvalue weighted by molar-refractivity contribution is 0.129. The van der Waals surface area contributed by atoms with Gasteiger partial charge >= 0.3 is 0 Å². The van der Waals surface area contributed by atoms with Crippen LogP contribution in [0, 0.1) is 23.2 Å². The minimum Gasteiger partial charge on any atom is -0.299 e. The Kier molecular flexibility index (Phi) is 5.98. The van der Waals surface area contributed by atoms with Crippen LogP contribution in [-0.4, -0.2) is 24.0 Å². The van der Waals surface area contributed by atoms with Gasteiger partial charge in [0.25, 0.3) is 0 Å². The Bertz CT molecular complexity index is 254. The first-order valence-corrected chi connectivity index (χ1v) is 7.17. The molecule has 17 heavy (non-hydrogen) atoms. The van der Waals surface area contributed by atoms with Crippen molar-refractivity contribution in [3.8, 4) is 6.07 Å². The Morgan fingerprint density at radius 2 is 1.82 bits per heavy atom. The second-order valence-corrected chi connectivity index (χ2v) is 6.08. The molecule has 0 bridgehead atoms. The van der Waals surface area contributed by atoms with Crippen LogP contribution in [0.2, 0.25) is 0 Å². The molecular formula is C15H28N2. The van der Waals surface area contributed by atoms with Crippen molar-refractivity contribution in [2.75, 3.05) is 7.05 Å². The zero-order chi connectivity index (χ0) is 12.8. The minimum absolute atomic E-state index is 0.247. The van der Waals surface area contributed by atoms with Crippen LogP contribution < -0.4 is 0 Å². The summed E-state index contributed by atoms with van der Waals surface area (Å²) in [5.41, 5.74) is 0. The van der Waals surface area contributed by atoms with Gasteiger partial charge in [0, 0.05) is 12.1 Å². The molecule has 1 aliphatic carbocycles. The van der Waals surface area contributed by atoms with Gasteiger partial charge in [0.15, 0.2) is 0 Å². The van der Waals surface area contributed by atoms with Gasteiger partial charge < -0.3 is 0 Å². The van der Waals surface area contributed by atoms with E-state index in [1.165, 1.54) is 32.1 Å². The van der Waals surface area contributed by atoms with Crippen LogP contribution in [0.4, 0.5) is 0 Å². The second kappa shape index (κ2) is 7.01. The number of nitrogens with zero attached hydrogens (tertiary/aromatic N) is 2. The molecule has 3 unspecified atom stereocenters. The van der Waals surface area contributed by atoms with Gasteiger partial charge in [-0.1, -0.05) is 33.1 Å². The van der Waals surface area contributed by atoms with E-state index in [2.05, 4.69) is 38.8 Å². The highest BCUT2D eigenvalue weighted by atomic mass is 15.2. The van der Waals surface area contributed by atoms with Crippen molar-refractivity contribution in [1.29, 1.82) is 5.26 Å². The molecule has 0 saturated heterocycles. The molecule has 0 amide bonds. The summed E-state index contributed by atoms with van der Waals surface area (Å²) in [6, 6.07) is 3.62. The van der Waals surface area contributed by atoms with Gasteiger partial charge in [0.05, 0.1) is 12.0 Å². The van der Waals surface area contributed by atoms with Gasteiger partial charge in [0.2, 0.25) is 0 Å². The highest BCUT2D eigenvalue weighted by molar-refractivity contribution is 4.95. The van der Waals surface area contributed by atoms with E-state index < -0.39 is 0 Å². The molecule has 0 heterocycles. The maximum absolute atomic E-state index is 9.32. The minimum atomic E-state index is 0.247.